The van der Waals surface area contributed by atoms with Crippen LogP contribution in [0.25, 0.3) is 0 Å². The molecule has 3 rings (SSSR count). The normalized spacial score (nSPS) is 10.5. The van der Waals surface area contributed by atoms with Crippen LogP contribution in [0.5, 0.6) is 0 Å². The predicted octanol–water partition coefficient (Wildman–Crippen LogP) is 3.98. The first-order valence-electron chi connectivity index (χ1n) is 14.1. The van der Waals surface area contributed by atoms with Crippen molar-refractivity contribution in [3.8, 4) is 0 Å². The number of benzene rings is 3. The third-order valence-corrected chi connectivity index (χ3v) is 6.46. The van der Waals surface area contributed by atoms with E-state index in [0.717, 1.165) is 25.7 Å². The SMILES string of the molecule is O=C(NCCCCCO)c1ccc(NC(=O)c2ccc(C(=O)Nc3ccc(C(=O)NCCCCCO)cc3)cc2)cc1. The molecular weight excluding hydrogens is 536 g/mol. The number of aliphatic hydroxyl groups excluding tert-OH is 2. The predicted molar refractivity (Wildman–Crippen MR) is 162 cm³/mol. The maximum atomic E-state index is 12.7. The zero-order valence-electron chi connectivity index (χ0n) is 23.5. The Morgan fingerprint density at radius 2 is 0.738 bits per heavy atom. The molecule has 4 amide bonds. The summed E-state index contributed by atoms with van der Waals surface area (Å²) in [7, 11) is 0. The smallest absolute Gasteiger partial charge is 0.255 e. The molecule has 0 spiro atoms. The number of unbranched alkanes of at least 4 members (excludes halogenated alkanes) is 4. The standard InChI is InChI=1S/C32H38N4O6/c37-21-5-1-3-19-33-29(39)23-11-15-27(16-12-23)35-31(41)25-7-9-26(10-8-25)32(42)36-28-17-13-24(14-18-28)30(40)34-20-4-2-6-22-38/h7-18,37-38H,1-6,19-22H2,(H,33,39)(H,34,40)(H,35,41)(H,36,42). The molecule has 0 bridgehead atoms. The molecule has 0 saturated carbocycles. The first kappa shape index (κ1) is 32.0. The highest BCUT2D eigenvalue weighted by atomic mass is 16.3. The average Bonchev–Trinajstić information content (AvgIpc) is 3.01. The number of nitrogens with one attached hydrogen (secondary N) is 4. The Bertz CT molecular complexity index is 1210. The molecular formula is C32H38N4O6. The molecule has 10 heteroatoms. The summed E-state index contributed by atoms with van der Waals surface area (Å²) in [5.74, 6) is -1.11. The van der Waals surface area contributed by atoms with Crippen molar-refractivity contribution >= 4 is 35.0 Å². The highest BCUT2D eigenvalue weighted by Gasteiger charge is 2.12. The summed E-state index contributed by atoms with van der Waals surface area (Å²) < 4.78 is 0. The number of carbonyl (C=O) groups is 4. The van der Waals surface area contributed by atoms with E-state index in [-0.39, 0.29) is 36.8 Å². The molecule has 3 aromatic carbocycles. The van der Waals surface area contributed by atoms with Crippen LogP contribution in [0.4, 0.5) is 11.4 Å². The second-order valence-corrected chi connectivity index (χ2v) is 9.72. The van der Waals surface area contributed by atoms with Crippen LogP contribution in [0.3, 0.4) is 0 Å². The van der Waals surface area contributed by atoms with Gasteiger partial charge in [0.25, 0.3) is 23.6 Å². The van der Waals surface area contributed by atoms with Crippen LogP contribution >= 0.6 is 0 Å². The van der Waals surface area contributed by atoms with E-state index in [9.17, 15) is 19.2 Å². The van der Waals surface area contributed by atoms with Crippen LogP contribution in [0.15, 0.2) is 72.8 Å². The summed E-state index contributed by atoms with van der Waals surface area (Å²) in [5.41, 5.74) is 2.74. The van der Waals surface area contributed by atoms with Gasteiger partial charge in [0, 0.05) is 59.9 Å². The summed E-state index contributed by atoms with van der Waals surface area (Å²) in [4.78, 5) is 49.8. The molecule has 0 saturated heterocycles. The van der Waals surface area contributed by atoms with Gasteiger partial charge >= 0.3 is 0 Å². The minimum atomic E-state index is -0.356. The van der Waals surface area contributed by atoms with Gasteiger partial charge in [-0.1, -0.05) is 0 Å². The number of carbonyl (C=O) groups excluding carboxylic acids is 4. The lowest BCUT2D eigenvalue weighted by atomic mass is 10.1. The Kier molecular flexibility index (Phi) is 13.2. The van der Waals surface area contributed by atoms with Gasteiger partial charge in [0.15, 0.2) is 0 Å². The van der Waals surface area contributed by atoms with E-state index < -0.39 is 0 Å². The van der Waals surface area contributed by atoms with E-state index >= 15 is 0 Å². The van der Waals surface area contributed by atoms with Crippen LogP contribution in [0.1, 0.15) is 80.0 Å². The fourth-order valence-corrected chi connectivity index (χ4v) is 4.02. The van der Waals surface area contributed by atoms with Crippen molar-refractivity contribution in [2.24, 2.45) is 0 Å². The van der Waals surface area contributed by atoms with Gasteiger partial charge < -0.3 is 31.5 Å². The number of anilines is 2. The lowest BCUT2D eigenvalue weighted by Gasteiger charge is -2.09. The van der Waals surface area contributed by atoms with Crippen molar-refractivity contribution in [3.05, 3.63) is 95.1 Å². The quantitative estimate of drug-likeness (QED) is 0.142. The highest BCUT2D eigenvalue weighted by Crippen LogP contribution is 2.15. The summed E-state index contributed by atoms with van der Waals surface area (Å²) >= 11 is 0. The molecule has 3 aromatic rings. The highest BCUT2D eigenvalue weighted by molar-refractivity contribution is 6.07. The minimum Gasteiger partial charge on any atom is -0.396 e. The average molecular weight is 575 g/mol. The molecule has 0 radical (unpaired) electrons. The van der Waals surface area contributed by atoms with E-state index in [1.54, 1.807) is 72.8 Å². The van der Waals surface area contributed by atoms with E-state index in [1.807, 2.05) is 0 Å². The fourth-order valence-electron chi connectivity index (χ4n) is 4.02. The van der Waals surface area contributed by atoms with Crippen molar-refractivity contribution in [2.45, 2.75) is 38.5 Å². The monoisotopic (exact) mass is 574 g/mol. The van der Waals surface area contributed by atoms with Gasteiger partial charge in [-0.15, -0.1) is 0 Å². The van der Waals surface area contributed by atoms with Gasteiger partial charge in [0.2, 0.25) is 0 Å². The molecule has 0 unspecified atom stereocenters. The van der Waals surface area contributed by atoms with Crippen LogP contribution in [0.2, 0.25) is 0 Å². The van der Waals surface area contributed by atoms with Gasteiger partial charge in [-0.3, -0.25) is 19.2 Å². The number of aliphatic hydroxyl groups is 2. The molecule has 0 aliphatic rings. The van der Waals surface area contributed by atoms with Crippen molar-refractivity contribution < 1.29 is 29.4 Å². The first-order valence-corrected chi connectivity index (χ1v) is 14.1. The van der Waals surface area contributed by atoms with Crippen molar-refractivity contribution in [3.63, 3.8) is 0 Å². The largest absolute Gasteiger partial charge is 0.396 e. The molecule has 0 aliphatic carbocycles. The third kappa shape index (κ3) is 10.5. The minimum absolute atomic E-state index is 0.147. The zero-order chi connectivity index (χ0) is 30.2. The lowest BCUT2D eigenvalue weighted by molar-refractivity contribution is 0.0944. The van der Waals surface area contributed by atoms with E-state index in [1.165, 1.54) is 0 Å². The fraction of sp³-hybridized carbons (Fsp3) is 0.312. The summed E-state index contributed by atoms with van der Waals surface area (Å²) in [6, 6.07) is 19.3. The molecule has 6 N–H and O–H groups in total. The van der Waals surface area contributed by atoms with E-state index in [2.05, 4.69) is 21.3 Å². The van der Waals surface area contributed by atoms with Crippen LogP contribution in [0, 0.1) is 0 Å². The number of hydrogen-bond acceptors (Lipinski definition) is 6. The first-order chi connectivity index (χ1) is 20.4. The topological polar surface area (TPSA) is 157 Å². The summed E-state index contributed by atoms with van der Waals surface area (Å²) in [5, 5.41) is 28.8. The summed E-state index contributed by atoms with van der Waals surface area (Å²) in [6.45, 7) is 1.36. The molecule has 0 fully saturated rings. The van der Waals surface area contributed by atoms with Crippen LogP contribution in [-0.2, 0) is 0 Å². The summed E-state index contributed by atoms with van der Waals surface area (Å²) in [6.07, 6.45) is 4.70. The van der Waals surface area contributed by atoms with E-state index in [4.69, 9.17) is 10.2 Å². The van der Waals surface area contributed by atoms with E-state index in [0.29, 0.717) is 59.6 Å². The Morgan fingerprint density at radius 3 is 1.07 bits per heavy atom. The van der Waals surface area contributed by atoms with Gasteiger partial charge in [-0.2, -0.15) is 0 Å². The van der Waals surface area contributed by atoms with Gasteiger partial charge in [-0.05, 0) is 111 Å². The van der Waals surface area contributed by atoms with Crippen LogP contribution < -0.4 is 21.3 Å². The van der Waals surface area contributed by atoms with Crippen molar-refractivity contribution in [2.75, 3.05) is 36.9 Å². The van der Waals surface area contributed by atoms with Crippen molar-refractivity contribution in [1.82, 2.24) is 10.6 Å². The second-order valence-electron chi connectivity index (χ2n) is 9.72. The third-order valence-electron chi connectivity index (χ3n) is 6.46. The lowest BCUT2D eigenvalue weighted by Crippen LogP contribution is -2.24. The Hall–Kier alpha value is -4.54. The van der Waals surface area contributed by atoms with Gasteiger partial charge in [-0.25, -0.2) is 0 Å². The molecule has 42 heavy (non-hydrogen) atoms. The maximum Gasteiger partial charge on any atom is 0.255 e. The molecule has 10 nitrogen and oxygen atoms in total. The number of rotatable bonds is 16. The molecule has 222 valence electrons. The molecule has 0 heterocycles. The zero-order valence-corrected chi connectivity index (χ0v) is 23.5. The second kappa shape index (κ2) is 17.3. The van der Waals surface area contributed by atoms with Gasteiger partial charge in [0.05, 0.1) is 0 Å². The van der Waals surface area contributed by atoms with Crippen LogP contribution in [-0.4, -0.2) is 60.1 Å². The van der Waals surface area contributed by atoms with Crippen molar-refractivity contribution in [1.29, 1.82) is 0 Å². The molecule has 0 aliphatic heterocycles. The maximum absolute atomic E-state index is 12.7. The Labute approximate surface area is 245 Å². The Morgan fingerprint density at radius 1 is 0.429 bits per heavy atom. The van der Waals surface area contributed by atoms with Gasteiger partial charge in [0.1, 0.15) is 0 Å². The number of hydrogen-bond donors (Lipinski definition) is 6. The molecule has 0 atom stereocenters. The molecule has 0 aromatic heterocycles. The Balaban J connectivity index is 1.46. The number of amides is 4.